The van der Waals surface area contributed by atoms with E-state index in [2.05, 4.69) is 10.4 Å². The molecule has 140 valence electrons. The van der Waals surface area contributed by atoms with Gasteiger partial charge in [-0.3, -0.25) is 4.79 Å². The number of hydrogen-bond donors (Lipinski definition) is 1. The van der Waals surface area contributed by atoms with Crippen molar-refractivity contribution in [1.29, 1.82) is 0 Å². The molecule has 27 heavy (non-hydrogen) atoms. The first-order valence-corrected chi connectivity index (χ1v) is 8.14. The maximum atomic E-state index is 13.5. The van der Waals surface area contributed by atoms with Crippen LogP contribution in [0.1, 0.15) is 22.8 Å². The van der Waals surface area contributed by atoms with E-state index in [-0.39, 0.29) is 16.9 Å². The highest BCUT2D eigenvalue weighted by atomic mass is 19.4. The van der Waals surface area contributed by atoms with Crippen LogP contribution < -0.4 is 10.1 Å². The lowest BCUT2D eigenvalue weighted by Gasteiger charge is -2.16. The Labute approximate surface area is 153 Å². The lowest BCUT2D eigenvalue weighted by atomic mass is 10.1. The third-order valence-corrected chi connectivity index (χ3v) is 3.76. The van der Waals surface area contributed by atoms with E-state index in [4.69, 9.17) is 4.74 Å². The molecule has 1 heterocycles. The Hall–Kier alpha value is -3.29. The summed E-state index contributed by atoms with van der Waals surface area (Å²) in [5, 5.41) is 6.26. The molecule has 0 saturated carbocycles. The smallest absolute Gasteiger partial charge is 0.418 e. The van der Waals surface area contributed by atoms with Gasteiger partial charge in [0.05, 0.1) is 29.1 Å². The number of ether oxygens (including phenoxy) is 1. The number of alkyl halides is 3. The molecule has 1 aromatic heterocycles. The van der Waals surface area contributed by atoms with Crippen molar-refractivity contribution in [2.45, 2.75) is 13.1 Å². The molecule has 8 heteroatoms. The average molecular weight is 375 g/mol. The van der Waals surface area contributed by atoms with Crippen LogP contribution in [-0.4, -0.2) is 22.3 Å². The topological polar surface area (TPSA) is 56.1 Å². The normalized spacial score (nSPS) is 11.3. The van der Waals surface area contributed by atoms with Crippen LogP contribution in [0.2, 0.25) is 0 Å². The SMILES string of the molecule is CCOc1ccccc1C(=O)Nc1ccc(-n2cccn2)cc1C(F)(F)F. The number of anilines is 1. The largest absolute Gasteiger partial charge is 0.493 e. The van der Waals surface area contributed by atoms with Gasteiger partial charge < -0.3 is 10.1 Å². The summed E-state index contributed by atoms with van der Waals surface area (Å²) < 4.78 is 47.2. The first-order chi connectivity index (χ1) is 12.9. The summed E-state index contributed by atoms with van der Waals surface area (Å²) in [5.74, 6) is -0.379. The molecular formula is C19H16F3N3O2. The maximum absolute atomic E-state index is 13.5. The average Bonchev–Trinajstić information content (AvgIpc) is 3.16. The predicted molar refractivity (Wildman–Crippen MR) is 94.1 cm³/mol. The minimum absolute atomic E-state index is 0.156. The molecule has 0 aliphatic rings. The zero-order chi connectivity index (χ0) is 19.4. The summed E-state index contributed by atoms with van der Waals surface area (Å²) in [6.07, 6.45) is -1.65. The molecule has 0 bridgehead atoms. The highest BCUT2D eigenvalue weighted by Gasteiger charge is 2.34. The molecule has 0 saturated heterocycles. The van der Waals surface area contributed by atoms with Gasteiger partial charge >= 0.3 is 6.18 Å². The molecule has 0 aliphatic carbocycles. The van der Waals surface area contributed by atoms with Gasteiger partial charge in [-0.2, -0.15) is 18.3 Å². The summed E-state index contributed by atoms with van der Waals surface area (Å²) in [7, 11) is 0. The van der Waals surface area contributed by atoms with Crippen molar-refractivity contribution in [1.82, 2.24) is 9.78 Å². The second kappa shape index (κ2) is 7.53. The van der Waals surface area contributed by atoms with E-state index in [9.17, 15) is 18.0 Å². The third-order valence-electron chi connectivity index (χ3n) is 3.76. The highest BCUT2D eigenvalue weighted by Crippen LogP contribution is 2.36. The second-order valence-electron chi connectivity index (χ2n) is 5.56. The molecule has 1 N–H and O–H groups in total. The zero-order valence-corrected chi connectivity index (χ0v) is 14.3. The van der Waals surface area contributed by atoms with E-state index in [1.807, 2.05) is 0 Å². The summed E-state index contributed by atoms with van der Waals surface area (Å²) in [6, 6.07) is 11.6. The van der Waals surface area contributed by atoms with Crippen LogP contribution in [0.3, 0.4) is 0 Å². The number of rotatable bonds is 5. The van der Waals surface area contributed by atoms with Gasteiger partial charge in [0.15, 0.2) is 0 Å². The van der Waals surface area contributed by atoms with E-state index in [1.54, 1.807) is 31.2 Å². The first kappa shape index (κ1) is 18.5. The number of carbonyl (C=O) groups excluding carboxylic acids is 1. The van der Waals surface area contributed by atoms with Crippen LogP contribution in [0, 0.1) is 0 Å². The standard InChI is InChI=1S/C19H16F3N3O2/c1-2-27-17-7-4-3-6-14(17)18(26)24-16-9-8-13(25-11-5-10-23-25)12-15(16)19(20,21)22/h3-12H,2H2,1H3,(H,24,26). The first-order valence-electron chi connectivity index (χ1n) is 8.14. The number of halogens is 3. The number of nitrogens with one attached hydrogen (secondary N) is 1. The number of amides is 1. The van der Waals surface area contributed by atoms with Crippen LogP contribution in [0.5, 0.6) is 5.75 Å². The Morgan fingerprint density at radius 2 is 1.96 bits per heavy atom. The lowest BCUT2D eigenvalue weighted by molar-refractivity contribution is -0.136. The van der Waals surface area contributed by atoms with Crippen molar-refractivity contribution in [2.75, 3.05) is 11.9 Å². The molecule has 1 amide bonds. The predicted octanol–water partition coefficient (Wildman–Crippen LogP) is 4.54. The minimum atomic E-state index is -4.65. The Kier molecular flexibility index (Phi) is 5.16. The monoisotopic (exact) mass is 375 g/mol. The van der Waals surface area contributed by atoms with Crippen LogP contribution in [0.25, 0.3) is 5.69 Å². The van der Waals surface area contributed by atoms with Crippen LogP contribution >= 0.6 is 0 Å². The highest BCUT2D eigenvalue weighted by molar-refractivity contribution is 6.06. The van der Waals surface area contributed by atoms with Gasteiger partial charge in [0.25, 0.3) is 5.91 Å². The Morgan fingerprint density at radius 3 is 2.63 bits per heavy atom. The van der Waals surface area contributed by atoms with Crippen molar-refractivity contribution >= 4 is 11.6 Å². The summed E-state index contributed by atoms with van der Waals surface area (Å²) in [5.41, 5.74) is -0.906. The molecule has 3 rings (SSSR count). The summed E-state index contributed by atoms with van der Waals surface area (Å²) >= 11 is 0. The van der Waals surface area contributed by atoms with Crippen LogP contribution in [-0.2, 0) is 6.18 Å². The van der Waals surface area contributed by atoms with Crippen molar-refractivity contribution in [3.05, 3.63) is 72.1 Å². The Bertz CT molecular complexity index is 938. The van der Waals surface area contributed by atoms with Gasteiger partial charge in [0.2, 0.25) is 0 Å². The molecule has 0 atom stereocenters. The zero-order valence-electron chi connectivity index (χ0n) is 14.3. The Morgan fingerprint density at radius 1 is 1.19 bits per heavy atom. The van der Waals surface area contributed by atoms with E-state index in [0.29, 0.717) is 12.4 Å². The molecule has 5 nitrogen and oxygen atoms in total. The Balaban J connectivity index is 1.96. The van der Waals surface area contributed by atoms with Gasteiger partial charge in [-0.25, -0.2) is 4.68 Å². The van der Waals surface area contributed by atoms with Crippen molar-refractivity contribution < 1.29 is 22.7 Å². The molecule has 0 radical (unpaired) electrons. The third kappa shape index (κ3) is 4.11. The van der Waals surface area contributed by atoms with E-state index >= 15 is 0 Å². The number of benzene rings is 2. The maximum Gasteiger partial charge on any atom is 0.418 e. The molecule has 0 spiro atoms. The van der Waals surface area contributed by atoms with Crippen molar-refractivity contribution in [3.63, 3.8) is 0 Å². The van der Waals surface area contributed by atoms with Gasteiger partial charge in [0, 0.05) is 12.4 Å². The van der Waals surface area contributed by atoms with Gasteiger partial charge in [0.1, 0.15) is 5.75 Å². The van der Waals surface area contributed by atoms with E-state index in [1.165, 1.54) is 35.3 Å². The van der Waals surface area contributed by atoms with Crippen LogP contribution in [0.15, 0.2) is 60.9 Å². The molecular weight excluding hydrogens is 359 g/mol. The fourth-order valence-corrected chi connectivity index (χ4v) is 2.57. The molecule has 0 aliphatic heterocycles. The molecule has 0 unspecified atom stereocenters. The van der Waals surface area contributed by atoms with Crippen molar-refractivity contribution in [3.8, 4) is 11.4 Å². The van der Waals surface area contributed by atoms with E-state index < -0.39 is 17.6 Å². The minimum Gasteiger partial charge on any atom is -0.493 e. The fourth-order valence-electron chi connectivity index (χ4n) is 2.57. The van der Waals surface area contributed by atoms with Crippen molar-refractivity contribution in [2.24, 2.45) is 0 Å². The second-order valence-corrected chi connectivity index (χ2v) is 5.56. The van der Waals surface area contributed by atoms with Gasteiger partial charge in [-0.05, 0) is 43.3 Å². The van der Waals surface area contributed by atoms with Crippen LogP contribution in [0.4, 0.5) is 18.9 Å². The van der Waals surface area contributed by atoms with Gasteiger partial charge in [-0.15, -0.1) is 0 Å². The lowest BCUT2D eigenvalue weighted by Crippen LogP contribution is -2.18. The molecule has 0 fully saturated rings. The number of para-hydroxylation sites is 1. The quantitative estimate of drug-likeness (QED) is 0.712. The number of hydrogen-bond acceptors (Lipinski definition) is 3. The summed E-state index contributed by atoms with van der Waals surface area (Å²) in [6.45, 7) is 2.08. The van der Waals surface area contributed by atoms with Gasteiger partial charge in [-0.1, -0.05) is 12.1 Å². The summed E-state index contributed by atoms with van der Waals surface area (Å²) in [4.78, 5) is 12.5. The van der Waals surface area contributed by atoms with E-state index in [0.717, 1.165) is 6.07 Å². The fraction of sp³-hybridized carbons (Fsp3) is 0.158. The number of carbonyl (C=O) groups is 1. The molecule has 2 aromatic carbocycles. The number of aromatic nitrogens is 2. The molecule has 3 aromatic rings. The number of nitrogens with zero attached hydrogens (tertiary/aromatic N) is 2.